The molecule has 7 nitrogen and oxygen atoms in total. The smallest absolute Gasteiger partial charge is 0.243 e. The molecule has 0 bridgehead atoms. The van der Waals surface area contributed by atoms with E-state index in [-0.39, 0.29) is 17.2 Å². The molecule has 0 spiro atoms. The first-order valence-electron chi connectivity index (χ1n) is 9.88. The van der Waals surface area contributed by atoms with Crippen molar-refractivity contribution in [2.24, 2.45) is 0 Å². The number of anilines is 1. The SMILES string of the molecule is COc1ccc(S(=O)(=O)N(CC(=O)Nc2cccc(C(C)=O)c2)Cc2ccccc2)cc1. The lowest BCUT2D eigenvalue weighted by Crippen LogP contribution is -2.37. The number of ether oxygens (including phenoxy) is 1. The first-order chi connectivity index (χ1) is 15.3. The zero-order valence-electron chi connectivity index (χ0n) is 17.8. The van der Waals surface area contributed by atoms with Gasteiger partial charge in [0.25, 0.3) is 0 Å². The molecule has 3 aromatic rings. The molecule has 0 atom stereocenters. The van der Waals surface area contributed by atoms with Crippen LogP contribution < -0.4 is 10.1 Å². The average molecular weight is 453 g/mol. The Morgan fingerprint density at radius 2 is 1.62 bits per heavy atom. The van der Waals surface area contributed by atoms with Gasteiger partial charge in [-0.25, -0.2) is 8.42 Å². The molecule has 0 saturated heterocycles. The van der Waals surface area contributed by atoms with Gasteiger partial charge in [-0.05, 0) is 48.9 Å². The summed E-state index contributed by atoms with van der Waals surface area (Å²) in [4.78, 5) is 24.4. The Kier molecular flexibility index (Phi) is 7.40. The first kappa shape index (κ1) is 23.2. The molecule has 0 heterocycles. The summed E-state index contributed by atoms with van der Waals surface area (Å²) in [6.07, 6.45) is 0. The number of rotatable bonds is 9. The summed E-state index contributed by atoms with van der Waals surface area (Å²) >= 11 is 0. The van der Waals surface area contributed by atoms with Crippen molar-refractivity contribution < 1.29 is 22.7 Å². The maximum absolute atomic E-state index is 13.3. The number of carbonyl (C=O) groups is 2. The third kappa shape index (κ3) is 5.81. The summed E-state index contributed by atoms with van der Waals surface area (Å²) in [6.45, 7) is 1.06. The van der Waals surface area contributed by atoms with Crippen LogP contribution in [0.5, 0.6) is 5.75 Å². The van der Waals surface area contributed by atoms with E-state index in [0.29, 0.717) is 17.0 Å². The molecular weight excluding hydrogens is 428 g/mol. The van der Waals surface area contributed by atoms with Crippen molar-refractivity contribution in [1.29, 1.82) is 0 Å². The molecule has 1 N–H and O–H groups in total. The molecule has 0 aromatic heterocycles. The minimum Gasteiger partial charge on any atom is -0.497 e. The van der Waals surface area contributed by atoms with Crippen LogP contribution in [0, 0.1) is 0 Å². The third-order valence-electron chi connectivity index (χ3n) is 4.77. The predicted molar refractivity (Wildman–Crippen MR) is 122 cm³/mol. The van der Waals surface area contributed by atoms with Crippen molar-refractivity contribution in [1.82, 2.24) is 4.31 Å². The van der Waals surface area contributed by atoms with Crippen LogP contribution >= 0.6 is 0 Å². The molecule has 0 aliphatic rings. The number of methoxy groups -OCH3 is 1. The van der Waals surface area contributed by atoms with Gasteiger partial charge in [0, 0.05) is 17.8 Å². The van der Waals surface area contributed by atoms with Gasteiger partial charge in [0.05, 0.1) is 18.6 Å². The second kappa shape index (κ2) is 10.2. The lowest BCUT2D eigenvalue weighted by Gasteiger charge is -2.22. The Labute approximate surface area is 187 Å². The maximum atomic E-state index is 13.3. The highest BCUT2D eigenvalue weighted by atomic mass is 32.2. The third-order valence-corrected chi connectivity index (χ3v) is 6.58. The van der Waals surface area contributed by atoms with E-state index in [4.69, 9.17) is 4.74 Å². The molecule has 0 saturated carbocycles. The fraction of sp³-hybridized carbons (Fsp3) is 0.167. The summed E-state index contributed by atoms with van der Waals surface area (Å²) in [5.74, 6) is -0.116. The Morgan fingerprint density at radius 1 is 0.938 bits per heavy atom. The number of sulfonamides is 1. The van der Waals surface area contributed by atoms with Crippen molar-refractivity contribution in [3.63, 3.8) is 0 Å². The van der Waals surface area contributed by atoms with Gasteiger partial charge in [-0.15, -0.1) is 0 Å². The van der Waals surface area contributed by atoms with Gasteiger partial charge in [-0.3, -0.25) is 9.59 Å². The molecule has 0 radical (unpaired) electrons. The topological polar surface area (TPSA) is 92.8 Å². The van der Waals surface area contributed by atoms with Crippen molar-refractivity contribution in [2.75, 3.05) is 19.0 Å². The summed E-state index contributed by atoms with van der Waals surface area (Å²) in [6, 6.07) is 21.5. The van der Waals surface area contributed by atoms with Crippen LogP contribution in [0.4, 0.5) is 5.69 Å². The summed E-state index contributed by atoms with van der Waals surface area (Å²) in [7, 11) is -2.47. The van der Waals surface area contributed by atoms with Crippen molar-refractivity contribution >= 4 is 27.4 Å². The van der Waals surface area contributed by atoms with Gasteiger partial charge < -0.3 is 10.1 Å². The van der Waals surface area contributed by atoms with Crippen molar-refractivity contribution in [3.8, 4) is 5.75 Å². The standard InChI is InChI=1S/C24H24N2O5S/c1-18(27)20-9-6-10-21(15-20)25-24(28)17-26(16-19-7-4-3-5-8-19)32(29,30)23-13-11-22(31-2)12-14-23/h3-15H,16-17H2,1-2H3,(H,25,28). The van der Waals surface area contributed by atoms with E-state index in [1.54, 1.807) is 60.7 Å². The summed E-state index contributed by atoms with van der Waals surface area (Å²) < 4.78 is 32.9. The lowest BCUT2D eigenvalue weighted by molar-refractivity contribution is -0.116. The average Bonchev–Trinajstić information content (AvgIpc) is 2.79. The number of nitrogens with zero attached hydrogens (tertiary/aromatic N) is 1. The number of hydrogen-bond acceptors (Lipinski definition) is 5. The van der Waals surface area contributed by atoms with E-state index in [1.165, 1.54) is 26.2 Å². The zero-order chi connectivity index (χ0) is 23.1. The van der Waals surface area contributed by atoms with Crippen LogP contribution in [0.3, 0.4) is 0 Å². The molecule has 0 aliphatic carbocycles. The van der Waals surface area contributed by atoms with Crippen LogP contribution in [0.25, 0.3) is 0 Å². The Bertz CT molecular complexity index is 1190. The number of carbonyl (C=O) groups excluding carboxylic acids is 2. The molecule has 1 amide bonds. The van der Waals surface area contributed by atoms with Crippen LogP contribution in [0.1, 0.15) is 22.8 Å². The van der Waals surface area contributed by atoms with Crippen molar-refractivity contribution in [2.45, 2.75) is 18.4 Å². The molecule has 3 rings (SSSR count). The molecule has 0 fully saturated rings. The minimum absolute atomic E-state index is 0.0239. The van der Waals surface area contributed by atoms with Gasteiger partial charge in [-0.2, -0.15) is 4.31 Å². The minimum atomic E-state index is -3.97. The molecular formula is C24H24N2O5S. The number of amides is 1. The highest BCUT2D eigenvalue weighted by molar-refractivity contribution is 7.89. The number of Topliss-reactive ketones (excluding diaryl/α,β-unsaturated/α-hetero) is 1. The van der Waals surface area contributed by atoms with Crippen LogP contribution in [-0.2, 0) is 21.4 Å². The van der Waals surface area contributed by atoms with Crippen LogP contribution in [0.2, 0.25) is 0 Å². The monoisotopic (exact) mass is 452 g/mol. The Hall–Kier alpha value is -3.49. The quantitative estimate of drug-likeness (QED) is 0.500. The second-order valence-electron chi connectivity index (χ2n) is 7.12. The molecule has 0 aliphatic heterocycles. The van der Waals surface area contributed by atoms with E-state index in [1.807, 2.05) is 6.07 Å². The highest BCUT2D eigenvalue weighted by Gasteiger charge is 2.27. The zero-order valence-corrected chi connectivity index (χ0v) is 18.6. The Morgan fingerprint density at radius 3 is 2.25 bits per heavy atom. The summed E-state index contributed by atoms with van der Waals surface area (Å²) in [5.41, 5.74) is 1.62. The van der Waals surface area contributed by atoms with Crippen molar-refractivity contribution in [3.05, 3.63) is 90.0 Å². The van der Waals surface area contributed by atoms with Gasteiger partial charge in [0.2, 0.25) is 15.9 Å². The normalized spacial score (nSPS) is 11.2. The molecule has 0 unspecified atom stereocenters. The van der Waals surface area contributed by atoms with E-state index in [0.717, 1.165) is 9.87 Å². The second-order valence-corrected chi connectivity index (χ2v) is 9.06. The van der Waals surface area contributed by atoms with E-state index < -0.39 is 22.5 Å². The molecule has 166 valence electrons. The molecule has 8 heteroatoms. The fourth-order valence-electron chi connectivity index (χ4n) is 3.09. The maximum Gasteiger partial charge on any atom is 0.243 e. The number of hydrogen-bond donors (Lipinski definition) is 1. The van der Waals surface area contributed by atoms with Gasteiger partial charge in [0.1, 0.15) is 5.75 Å². The lowest BCUT2D eigenvalue weighted by atomic mass is 10.1. The van der Waals surface area contributed by atoms with Gasteiger partial charge in [-0.1, -0.05) is 42.5 Å². The van der Waals surface area contributed by atoms with Gasteiger partial charge >= 0.3 is 0 Å². The van der Waals surface area contributed by atoms with E-state index in [2.05, 4.69) is 5.32 Å². The van der Waals surface area contributed by atoms with E-state index in [9.17, 15) is 18.0 Å². The largest absolute Gasteiger partial charge is 0.497 e. The summed E-state index contributed by atoms with van der Waals surface area (Å²) in [5, 5.41) is 2.68. The molecule has 32 heavy (non-hydrogen) atoms. The van der Waals surface area contributed by atoms with Gasteiger partial charge in [0.15, 0.2) is 5.78 Å². The van der Waals surface area contributed by atoms with Crippen LogP contribution in [-0.4, -0.2) is 38.1 Å². The van der Waals surface area contributed by atoms with E-state index >= 15 is 0 Å². The fourth-order valence-corrected chi connectivity index (χ4v) is 4.47. The molecule has 3 aromatic carbocycles. The van der Waals surface area contributed by atoms with Crippen LogP contribution in [0.15, 0.2) is 83.8 Å². The number of benzene rings is 3. The first-order valence-corrected chi connectivity index (χ1v) is 11.3. The highest BCUT2D eigenvalue weighted by Crippen LogP contribution is 2.21. The predicted octanol–water partition coefficient (Wildman–Crippen LogP) is 3.73. The number of ketones is 1. The number of nitrogens with one attached hydrogen (secondary N) is 1. The Balaban J connectivity index is 1.86.